The number of carbonyl (C=O) groups is 2. The molecule has 1 amide bonds. The van der Waals surface area contributed by atoms with Crippen LogP contribution >= 0.6 is 0 Å². The van der Waals surface area contributed by atoms with Gasteiger partial charge in [-0.1, -0.05) is 31.2 Å². The van der Waals surface area contributed by atoms with E-state index < -0.39 is 12.3 Å². The molecule has 4 rings (SSSR count). The van der Waals surface area contributed by atoms with Crippen LogP contribution in [-0.4, -0.2) is 42.0 Å². The number of aromatic nitrogens is 1. The summed E-state index contributed by atoms with van der Waals surface area (Å²) < 4.78 is 48.4. The molecule has 7 nitrogen and oxygen atoms in total. The van der Waals surface area contributed by atoms with Crippen molar-refractivity contribution < 1.29 is 37.3 Å². The van der Waals surface area contributed by atoms with E-state index in [1.165, 1.54) is 12.1 Å². The Hall–Kier alpha value is -4.47. The summed E-state index contributed by atoms with van der Waals surface area (Å²) in [6.45, 7) is 2.05. The molecule has 4 aromatic rings. The summed E-state index contributed by atoms with van der Waals surface area (Å²) >= 11 is 0. The molecule has 210 valence electrons. The zero-order valence-corrected chi connectivity index (χ0v) is 21.9. The van der Waals surface area contributed by atoms with Gasteiger partial charge in [-0.25, -0.2) is 0 Å². The summed E-state index contributed by atoms with van der Waals surface area (Å²) in [5.41, 5.74) is 3.74. The number of halogens is 3. The lowest BCUT2D eigenvalue weighted by atomic mass is 9.75. The maximum atomic E-state index is 13.0. The highest BCUT2D eigenvalue weighted by Gasteiger charge is 2.32. The van der Waals surface area contributed by atoms with E-state index >= 15 is 0 Å². The second-order valence-corrected chi connectivity index (χ2v) is 9.29. The minimum absolute atomic E-state index is 0.0215. The van der Waals surface area contributed by atoms with Crippen molar-refractivity contribution in [2.45, 2.75) is 38.0 Å². The Morgan fingerprint density at radius 1 is 0.975 bits per heavy atom. The zero-order valence-electron chi connectivity index (χ0n) is 21.9. The van der Waals surface area contributed by atoms with Crippen molar-refractivity contribution in [1.29, 1.82) is 0 Å². The molecule has 3 aromatic carbocycles. The lowest BCUT2D eigenvalue weighted by molar-refractivity contribution is -0.274. The summed E-state index contributed by atoms with van der Waals surface area (Å²) in [5.74, 6) is -1.37. The van der Waals surface area contributed by atoms with Crippen LogP contribution in [0.15, 0.2) is 72.9 Å². The number of carboxylic acids is 1. The number of ether oxygens (including phenoxy) is 2. The van der Waals surface area contributed by atoms with Crippen molar-refractivity contribution in [1.82, 2.24) is 10.3 Å². The van der Waals surface area contributed by atoms with E-state index in [9.17, 15) is 22.8 Å². The SMILES string of the molecule is CCC(c1ccc(C(=O)NCCC(=O)O)cc1)C(c1ccc(OC)cc1)c1c[nH]c2ccc(OC(F)(F)F)cc12. The van der Waals surface area contributed by atoms with E-state index in [0.717, 1.165) is 16.7 Å². The number of benzene rings is 3. The minimum Gasteiger partial charge on any atom is -0.497 e. The number of aliphatic carboxylic acids is 1. The fourth-order valence-electron chi connectivity index (χ4n) is 4.95. The van der Waals surface area contributed by atoms with Gasteiger partial charge in [0.05, 0.1) is 13.5 Å². The number of hydrogen-bond acceptors (Lipinski definition) is 4. The molecular formula is C30H29F3N2O5. The molecule has 1 heterocycles. The fraction of sp³-hybridized carbons (Fsp3) is 0.267. The topological polar surface area (TPSA) is 101 Å². The number of fused-ring (bicyclic) bond motifs is 1. The normalized spacial score (nSPS) is 13.0. The van der Waals surface area contributed by atoms with E-state index in [4.69, 9.17) is 9.84 Å². The van der Waals surface area contributed by atoms with Gasteiger partial charge in [0.1, 0.15) is 11.5 Å². The number of rotatable bonds is 11. The van der Waals surface area contributed by atoms with Crippen molar-refractivity contribution in [2.75, 3.05) is 13.7 Å². The molecule has 2 atom stereocenters. The standard InChI is InChI=1S/C30H29F3N2O5/c1-3-23(18-4-6-20(7-5-18)29(38)34-15-14-27(36)37)28(19-8-10-21(39-2)11-9-19)25-17-35-26-13-12-22(16-24(25)26)40-30(31,32)33/h4-13,16-17,23,28,35H,3,14-15H2,1-2H3,(H,34,38)(H,36,37). The molecule has 0 saturated heterocycles. The highest BCUT2D eigenvalue weighted by molar-refractivity contribution is 5.94. The van der Waals surface area contributed by atoms with Crippen LogP contribution < -0.4 is 14.8 Å². The number of aromatic amines is 1. The van der Waals surface area contributed by atoms with Crippen LogP contribution in [-0.2, 0) is 4.79 Å². The molecule has 0 aliphatic carbocycles. The molecule has 0 fully saturated rings. The highest BCUT2D eigenvalue weighted by Crippen LogP contribution is 2.44. The first-order chi connectivity index (χ1) is 19.1. The van der Waals surface area contributed by atoms with Crippen molar-refractivity contribution in [3.8, 4) is 11.5 Å². The number of nitrogens with one attached hydrogen (secondary N) is 2. The average Bonchev–Trinajstić information content (AvgIpc) is 3.33. The first-order valence-corrected chi connectivity index (χ1v) is 12.7. The Bertz CT molecular complexity index is 1460. The summed E-state index contributed by atoms with van der Waals surface area (Å²) in [4.78, 5) is 26.3. The van der Waals surface area contributed by atoms with E-state index in [1.54, 1.807) is 25.3 Å². The third-order valence-corrected chi connectivity index (χ3v) is 6.80. The maximum Gasteiger partial charge on any atom is 0.573 e. The molecular weight excluding hydrogens is 525 g/mol. The van der Waals surface area contributed by atoms with Crippen LogP contribution in [0.4, 0.5) is 13.2 Å². The average molecular weight is 555 g/mol. The second-order valence-electron chi connectivity index (χ2n) is 9.29. The first-order valence-electron chi connectivity index (χ1n) is 12.7. The van der Waals surface area contributed by atoms with E-state index in [1.807, 2.05) is 49.5 Å². The number of alkyl halides is 3. The van der Waals surface area contributed by atoms with Gasteiger partial charge in [0.25, 0.3) is 5.91 Å². The Morgan fingerprint density at radius 3 is 2.23 bits per heavy atom. The van der Waals surface area contributed by atoms with Crippen LogP contribution in [0, 0.1) is 0 Å². The molecule has 0 aliphatic rings. The largest absolute Gasteiger partial charge is 0.573 e. The molecule has 10 heteroatoms. The Balaban J connectivity index is 1.74. The number of carboxylic acid groups (broad SMARTS) is 1. The third-order valence-electron chi connectivity index (χ3n) is 6.80. The van der Waals surface area contributed by atoms with Crippen molar-refractivity contribution in [3.05, 3.63) is 95.2 Å². The van der Waals surface area contributed by atoms with Gasteiger partial charge < -0.3 is 24.9 Å². The van der Waals surface area contributed by atoms with Crippen molar-refractivity contribution in [2.24, 2.45) is 0 Å². The Morgan fingerprint density at radius 2 is 1.62 bits per heavy atom. The van der Waals surface area contributed by atoms with Crippen LogP contribution in [0.3, 0.4) is 0 Å². The second kappa shape index (κ2) is 12.1. The lowest BCUT2D eigenvalue weighted by Gasteiger charge is -2.28. The van der Waals surface area contributed by atoms with Crippen LogP contribution in [0.2, 0.25) is 0 Å². The Kier molecular flexibility index (Phi) is 8.67. The van der Waals surface area contributed by atoms with Gasteiger partial charge in [0.15, 0.2) is 0 Å². The van der Waals surface area contributed by atoms with Crippen LogP contribution in [0.25, 0.3) is 10.9 Å². The van der Waals surface area contributed by atoms with E-state index in [0.29, 0.717) is 28.6 Å². The molecule has 0 radical (unpaired) electrons. The summed E-state index contributed by atoms with van der Waals surface area (Å²) in [5, 5.41) is 12.0. The monoisotopic (exact) mass is 554 g/mol. The van der Waals surface area contributed by atoms with Crippen LogP contribution in [0.5, 0.6) is 11.5 Å². The van der Waals surface area contributed by atoms with E-state index in [-0.39, 0.29) is 36.5 Å². The van der Waals surface area contributed by atoms with Crippen molar-refractivity contribution in [3.63, 3.8) is 0 Å². The van der Waals surface area contributed by atoms with Gasteiger partial charge >= 0.3 is 12.3 Å². The number of H-pyrrole nitrogens is 1. The molecule has 0 aliphatic heterocycles. The molecule has 0 saturated carbocycles. The molecule has 0 bridgehead atoms. The zero-order chi connectivity index (χ0) is 28.9. The number of hydrogen-bond donors (Lipinski definition) is 3. The first kappa shape index (κ1) is 28.5. The van der Waals surface area contributed by atoms with Gasteiger partial charge in [0, 0.05) is 35.1 Å². The fourth-order valence-corrected chi connectivity index (χ4v) is 4.95. The summed E-state index contributed by atoms with van der Waals surface area (Å²) in [6, 6.07) is 18.8. The smallest absolute Gasteiger partial charge is 0.497 e. The van der Waals surface area contributed by atoms with Gasteiger partial charge in [0.2, 0.25) is 0 Å². The van der Waals surface area contributed by atoms with Gasteiger partial charge in [-0.3, -0.25) is 9.59 Å². The summed E-state index contributed by atoms with van der Waals surface area (Å²) in [6.07, 6.45) is -2.49. The quantitative estimate of drug-likeness (QED) is 0.194. The lowest BCUT2D eigenvalue weighted by Crippen LogP contribution is -2.26. The highest BCUT2D eigenvalue weighted by atomic mass is 19.4. The minimum atomic E-state index is -4.81. The predicted octanol–water partition coefficient (Wildman–Crippen LogP) is 6.61. The molecule has 40 heavy (non-hydrogen) atoms. The third kappa shape index (κ3) is 6.74. The number of carbonyl (C=O) groups excluding carboxylic acids is 1. The van der Waals surface area contributed by atoms with Crippen LogP contribution in [0.1, 0.15) is 58.6 Å². The number of methoxy groups -OCH3 is 1. The van der Waals surface area contributed by atoms with Crippen molar-refractivity contribution >= 4 is 22.8 Å². The van der Waals surface area contributed by atoms with Gasteiger partial charge in [-0.15, -0.1) is 13.2 Å². The molecule has 0 spiro atoms. The maximum absolute atomic E-state index is 13.0. The number of amides is 1. The molecule has 1 aromatic heterocycles. The molecule has 2 unspecified atom stereocenters. The van der Waals surface area contributed by atoms with Gasteiger partial charge in [-0.2, -0.15) is 0 Å². The summed E-state index contributed by atoms with van der Waals surface area (Å²) in [7, 11) is 1.57. The predicted molar refractivity (Wildman–Crippen MR) is 144 cm³/mol. The Labute approximate surface area is 228 Å². The van der Waals surface area contributed by atoms with E-state index in [2.05, 4.69) is 15.0 Å². The molecule has 3 N–H and O–H groups in total. The van der Waals surface area contributed by atoms with Gasteiger partial charge in [-0.05, 0) is 71.5 Å².